The summed E-state index contributed by atoms with van der Waals surface area (Å²) in [7, 11) is 0. The summed E-state index contributed by atoms with van der Waals surface area (Å²) in [5.41, 5.74) is 6.06. The zero-order valence-corrected chi connectivity index (χ0v) is 11.5. The van der Waals surface area contributed by atoms with Gasteiger partial charge in [0.25, 0.3) is 0 Å². The van der Waals surface area contributed by atoms with Crippen LogP contribution < -0.4 is 11.1 Å². The molecule has 0 rings (SSSR count). The van der Waals surface area contributed by atoms with Gasteiger partial charge < -0.3 is 11.1 Å². The van der Waals surface area contributed by atoms with Crippen molar-refractivity contribution in [3.8, 4) is 0 Å². The number of carbonyl (C=O) groups excluding carboxylic acids is 1. The van der Waals surface area contributed by atoms with Gasteiger partial charge in [0, 0.05) is 18.5 Å². The Bertz CT molecular complexity index is 206. The molecule has 0 spiro atoms. The maximum atomic E-state index is 11.6. The fourth-order valence-electron chi connectivity index (χ4n) is 1.39. The predicted molar refractivity (Wildman–Crippen MR) is 69.1 cm³/mol. The smallest absolute Gasteiger partial charge is 0.224 e. The number of nitrogens with two attached hydrogens (primary N) is 1. The Morgan fingerprint density at radius 1 is 1.25 bits per heavy atom. The van der Waals surface area contributed by atoms with Crippen LogP contribution in [0.15, 0.2) is 0 Å². The highest BCUT2D eigenvalue weighted by Gasteiger charge is 2.16. The highest BCUT2D eigenvalue weighted by molar-refractivity contribution is 5.78. The first-order valence-electron chi connectivity index (χ1n) is 6.27. The van der Waals surface area contributed by atoms with Gasteiger partial charge in [-0.1, -0.05) is 34.1 Å². The van der Waals surface area contributed by atoms with E-state index in [0.29, 0.717) is 5.41 Å². The maximum Gasteiger partial charge on any atom is 0.224 e. The molecular weight excluding hydrogens is 200 g/mol. The van der Waals surface area contributed by atoms with Crippen LogP contribution in [0.1, 0.15) is 53.9 Å². The van der Waals surface area contributed by atoms with E-state index in [2.05, 4.69) is 26.1 Å². The molecule has 1 amide bonds. The minimum Gasteiger partial charge on any atom is -0.356 e. The predicted octanol–water partition coefficient (Wildman–Crippen LogP) is 2.30. The molecule has 0 radical (unpaired) electrons. The number of carbonyl (C=O) groups is 1. The molecule has 0 saturated carbocycles. The summed E-state index contributed by atoms with van der Waals surface area (Å²) in [6, 6.07) is -0.0745. The molecule has 3 N–H and O–H groups in total. The van der Waals surface area contributed by atoms with Crippen LogP contribution in [0.5, 0.6) is 0 Å². The molecule has 2 unspecified atom stereocenters. The van der Waals surface area contributed by atoms with Crippen molar-refractivity contribution < 1.29 is 4.79 Å². The van der Waals surface area contributed by atoms with Crippen molar-refractivity contribution in [2.45, 2.75) is 59.9 Å². The van der Waals surface area contributed by atoms with Crippen molar-refractivity contribution in [3.05, 3.63) is 0 Å². The van der Waals surface area contributed by atoms with E-state index in [1.165, 1.54) is 6.42 Å². The van der Waals surface area contributed by atoms with Gasteiger partial charge in [0.2, 0.25) is 5.91 Å². The summed E-state index contributed by atoms with van der Waals surface area (Å²) in [4.78, 5) is 11.6. The van der Waals surface area contributed by atoms with Crippen molar-refractivity contribution in [2.24, 2.45) is 17.1 Å². The Labute approximate surface area is 100 Å². The van der Waals surface area contributed by atoms with Crippen LogP contribution in [0.25, 0.3) is 0 Å². The van der Waals surface area contributed by atoms with E-state index in [4.69, 9.17) is 5.73 Å². The molecule has 0 bridgehead atoms. The van der Waals surface area contributed by atoms with Crippen LogP contribution in [0.2, 0.25) is 0 Å². The number of amides is 1. The Hall–Kier alpha value is -0.570. The molecule has 3 heteroatoms. The SMILES string of the molecule is CC(N)C(C)C(=O)NCCCCC(C)(C)C. The monoisotopic (exact) mass is 228 g/mol. The Balaban J connectivity index is 3.56. The molecule has 0 aliphatic heterocycles. The zero-order valence-electron chi connectivity index (χ0n) is 11.5. The third kappa shape index (κ3) is 7.69. The number of hydrogen-bond acceptors (Lipinski definition) is 2. The first kappa shape index (κ1) is 15.4. The molecule has 96 valence electrons. The van der Waals surface area contributed by atoms with Crippen molar-refractivity contribution in [1.29, 1.82) is 0 Å². The van der Waals surface area contributed by atoms with E-state index in [1.807, 2.05) is 13.8 Å². The first-order chi connectivity index (χ1) is 7.24. The van der Waals surface area contributed by atoms with Crippen LogP contribution in [0.3, 0.4) is 0 Å². The van der Waals surface area contributed by atoms with Gasteiger partial charge in [-0.05, 0) is 25.2 Å². The number of rotatable bonds is 6. The summed E-state index contributed by atoms with van der Waals surface area (Å²) in [5.74, 6) is -0.0200. The third-order valence-corrected chi connectivity index (χ3v) is 2.86. The second-order valence-electron chi connectivity index (χ2n) is 5.96. The fraction of sp³-hybridized carbons (Fsp3) is 0.923. The second-order valence-corrected chi connectivity index (χ2v) is 5.96. The lowest BCUT2D eigenvalue weighted by Gasteiger charge is -2.18. The molecule has 0 aromatic carbocycles. The van der Waals surface area contributed by atoms with Crippen LogP contribution in [0.4, 0.5) is 0 Å². The molecule has 0 heterocycles. The van der Waals surface area contributed by atoms with E-state index in [-0.39, 0.29) is 17.9 Å². The van der Waals surface area contributed by atoms with Crippen molar-refractivity contribution in [3.63, 3.8) is 0 Å². The van der Waals surface area contributed by atoms with Crippen molar-refractivity contribution >= 4 is 5.91 Å². The summed E-state index contributed by atoms with van der Waals surface area (Å²) >= 11 is 0. The van der Waals surface area contributed by atoms with E-state index < -0.39 is 0 Å². The van der Waals surface area contributed by atoms with Crippen LogP contribution >= 0.6 is 0 Å². The third-order valence-electron chi connectivity index (χ3n) is 2.86. The van der Waals surface area contributed by atoms with Crippen LogP contribution in [-0.2, 0) is 4.79 Å². The molecule has 16 heavy (non-hydrogen) atoms. The van der Waals surface area contributed by atoms with E-state index in [1.54, 1.807) is 0 Å². The van der Waals surface area contributed by atoms with Gasteiger partial charge >= 0.3 is 0 Å². The molecule has 2 atom stereocenters. The molecule has 0 saturated heterocycles. The highest BCUT2D eigenvalue weighted by atomic mass is 16.1. The Morgan fingerprint density at radius 2 is 1.81 bits per heavy atom. The molecule has 0 aliphatic rings. The molecule has 0 aromatic heterocycles. The molecule has 0 aromatic rings. The van der Waals surface area contributed by atoms with Gasteiger partial charge in [0.1, 0.15) is 0 Å². The zero-order chi connectivity index (χ0) is 12.8. The summed E-state index contributed by atoms with van der Waals surface area (Å²) < 4.78 is 0. The Kier molecular flexibility index (Phi) is 6.65. The summed E-state index contributed by atoms with van der Waals surface area (Å²) in [6.07, 6.45) is 3.41. The summed E-state index contributed by atoms with van der Waals surface area (Å²) in [5, 5.41) is 2.93. The van der Waals surface area contributed by atoms with Gasteiger partial charge in [0.15, 0.2) is 0 Å². The lowest BCUT2D eigenvalue weighted by Crippen LogP contribution is -2.38. The average Bonchev–Trinajstić information content (AvgIpc) is 2.13. The first-order valence-corrected chi connectivity index (χ1v) is 6.27. The molecular formula is C13H28N2O. The normalized spacial score (nSPS) is 15.6. The van der Waals surface area contributed by atoms with E-state index in [0.717, 1.165) is 19.4 Å². The number of hydrogen-bond donors (Lipinski definition) is 2. The van der Waals surface area contributed by atoms with Crippen LogP contribution in [-0.4, -0.2) is 18.5 Å². The lowest BCUT2D eigenvalue weighted by molar-refractivity contribution is -0.124. The molecule has 0 aliphatic carbocycles. The fourth-order valence-corrected chi connectivity index (χ4v) is 1.39. The minimum absolute atomic E-state index is 0.0745. The quantitative estimate of drug-likeness (QED) is 0.685. The van der Waals surface area contributed by atoms with Gasteiger partial charge in [-0.15, -0.1) is 0 Å². The van der Waals surface area contributed by atoms with Crippen molar-refractivity contribution in [1.82, 2.24) is 5.32 Å². The van der Waals surface area contributed by atoms with Crippen molar-refractivity contribution in [2.75, 3.05) is 6.54 Å². The maximum absolute atomic E-state index is 11.6. The average molecular weight is 228 g/mol. The number of nitrogens with one attached hydrogen (secondary N) is 1. The minimum atomic E-state index is -0.0948. The van der Waals surface area contributed by atoms with E-state index in [9.17, 15) is 4.79 Å². The van der Waals surface area contributed by atoms with Gasteiger partial charge in [0.05, 0.1) is 0 Å². The Morgan fingerprint density at radius 3 is 2.25 bits per heavy atom. The van der Waals surface area contributed by atoms with Gasteiger partial charge in [-0.25, -0.2) is 0 Å². The number of unbranched alkanes of at least 4 members (excludes halogenated alkanes) is 1. The molecule has 0 fully saturated rings. The topological polar surface area (TPSA) is 55.1 Å². The largest absolute Gasteiger partial charge is 0.356 e. The standard InChI is InChI=1S/C13H28N2O/c1-10(11(2)14)12(16)15-9-7-6-8-13(3,4)5/h10-11H,6-9,14H2,1-5H3,(H,15,16). The van der Waals surface area contributed by atoms with Crippen LogP contribution in [0, 0.1) is 11.3 Å². The van der Waals surface area contributed by atoms with Gasteiger partial charge in [-0.3, -0.25) is 4.79 Å². The van der Waals surface area contributed by atoms with Gasteiger partial charge in [-0.2, -0.15) is 0 Å². The second kappa shape index (κ2) is 6.89. The highest BCUT2D eigenvalue weighted by Crippen LogP contribution is 2.21. The molecule has 3 nitrogen and oxygen atoms in total. The lowest BCUT2D eigenvalue weighted by atomic mass is 9.90. The van der Waals surface area contributed by atoms with E-state index >= 15 is 0 Å². The summed E-state index contributed by atoms with van der Waals surface area (Å²) in [6.45, 7) is 11.2.